The van der Waals surface area contributed by atoms with E-state index in [0.29, 0.717) is 36.9 Å². The van der Waals surface area contributed by atoms with Crippen LogP contribution in [0.1, 0.15) is 20.3 Å². The lowest BCUT2D eigenvalue weighted by atomic mass is 10.2. The molecule has 142 valence electrons. The fourth-order valence-corrected chi connectivity index (χ4v) is 3.20. The summed E-state index contributed by atoms with van der Waals surface area (Å²) in [4.78, 5) is 26.2. The van der Waals surface area contributed by atoms with E-state index in [1.807, 2.05) is 13.8 Å². The van der Waals surface area contributed by atoms with E-state index in [1.165, 1.54) is 0 Å². The highest BCUT2D eigenvalue weighted by Gasteiger charge is 2.22. The van der Waals surface area contributed by atoms with E-state index in [2.05, 4.69) is 15.5 Å². The smallest absolute Gasteiger partial charge is 0.325 e. The Hall–Kier alpha value is -2.32. The normalized spacial score (nSPS) is 22.5. The lowest BCUT2D eigenvalue weighted by molar-refractivity contribution is -0.121. The number of hydrogen-bond donors (Lipinski definition) is 2. The standard InChI is InChI=1S/C18H25N3O5/c1-12-10-21(11-13(2)26-12)6-5-17(22)20-18(23)19-14-3-4-15-16(9-14)25-8-7-24-15/h3-4,9,12-13H,5-8,10-11H2,1-2H3,(H2,19,20,22,23). The Morgan fingerprint density at radius 2 is 1.81 bits per heavy atom. The van der Waals surface area contributed by atoms with Gasteiger partial charge in [-0.1, -0.05) is 0 Å². The Labute approximate surface area is 152 Å². The average molecular weight is 363 g/mol. The summed E-state index contributed by atoms with van der Waals surface area (Å²) < 4.78 is 16.6. The summed E-state index contributed by atoms with van der Waals surface area (Å²) in [5.41, 5.74) is 0.537. The number of benzene rings is 1. The van der Waals surface area contributed by atoms with Crippen LogP contribution in [0.25, 0.3) is 0 Å². The van der Waals surface area contributed by atoms with Gasteiger partial charge in [0.1, 0.15) is 13.2 Å². The van der Waals surface area contributed by atoms with Gasteiger partial charge in [0.2, 0.25) is 5.91 Å². The molecule has 3 rings (SSSR count). The summed E-state index contributed by atoms with van der Waals surface area (Å²) >= 11 is 0. The maximum atomic E-state index is 12.0. The van der Waals surface area contributed by atoms with Gasteiger partial charge in [0, 0.05) is 37.8 Å². The topological polar surface area (TPSA) is 89.1 Å². The molecule has 2 aliphatic rings. The molecule has 2 atom stereocenters. The lowest BCUT2D eigenvalue weighted by Crippen LogP contribution is -2.46. The third-order valence-corrected chi connectivity index (χ3v) is 4.20. The number of carbonyl (C=O) groups is 2. The molecule has 1 saturated heterocycles. The number of ether oxygens (including phenoxy) is 3. The van der Waals surface area contributed by atoms with E-state index in [1.54, 1.807) is 18.2 Å². The molecule has 2 unspecified atom stereocenters. The first-order valence-electron chi connectivity index (χ1n) is 8.88. The molecule has 0 spiro atoms. The number of nitrogens with one attached hydrogen (secondary N) is 2. The molecule has 1 fully saturated rings. The van der Waals surface area contributed by atoms with Crippen molar-refractivity contribution in [1.29, 1.82) is 0 Å². The van der Waals surface area contributed by atoms with Crippen LogP contribution in [0.3, 0.4) is 0 Å². The Bertz CT molecular complexity index is 656. The number of imide groups is 1. The van der Waals surface area contributed by atoms with Crippen LogP contribution in [-0.2, 0) is 9.53 Å². The third-order valence-electron chi connectivity index (χ3n) is 4.20. The number of carbonyl (C=O) groups excluding carboxylic acids is 2. The maximum absolute atomic E-state index is 12.0. The summed E-state index contributed by atoms with van der Waals surface area (Å²) in [5.74, 6) is 0.912. The molecule has 2 N–H and O–H groups in total. The number of nitrogens with zero attached hydrogens (tertiary/aromatic N) is 1. The van der Waals surface area contributed by atoms with Crippen molar-refractivity contribution in [2.24, 2.45) is 0 Å². The molecule has 3 amide bonds. The molecule has 8 nitrogen and oxygen atoms in total. The average Bonchev–Trinajstić information content (AvgIpc) is 2.59. The van der Waals surface area contributed by atoms with Crippen LogP contribution in [-0.4, -0.2) is 61.9 Å². The highest BCUT2D eigenvalue weighted by Crippen LogP contribution is 2.32. The molecule has 26 heavy (non-hydrogen) atoms. The maximum Gasteiger partial charge on any atom is 0.325 e. The van der Waals surface area contributed by atoms with Gasteiger partial charge in [-0.05, 0) is 26.0 Å². The second-order valence-corrected chi connectivity index (χ2v) is 6.63. The van der Waals surface area contributed by atoms with E-state index in [4.69, 9.17) is 14.2 Å². The van der Waals surface area contributed by atoms with Crippen molar-refractivity contribution in [3.8, 4) is 11.5 Å². The van der Waals surface area contributed by atoms with Gasteiger partial charge < -0.3 is 19.5 Å². The number of fused-ring (bicyclic) bond motifs is 1. The Morgan fingerprint density at radius 3 is 2.54 bits per heavy atom. The summed E-state index contributed by atoms with van der Waals surface area (Å²) in [6, 6.07) is 4.55. The second-order valence-electron chi connectivity index (χ2n) is 6.63. The van der Waals surface area contributed by atoms with Gasteiger partial charge in [-0.25, -0.2) is 4.79 Å². The fraction of sp³-hybridized carbons (Fsp3) is 0.556. The van der Waals surface area contributed by atoms with Crippen LogP contribution in [0.5, 0.6) is 11.5 Å². The molecule has 0 radical (unpaired) electrons. The van der Waals surface area contributed by atoms with Gasteiger partial charge in [-0.2, -0.15) is 0 Å². The molecule has 0 saturated carbocycles. The molecule has 1 aromatic rings. The van der Waals surface area contributed by atoms with Crippen LogP contribution in [0, 0.1) is 0 Å². The number of morpholine rings is 1. The summed E-state index contributed by atoms with van der Waals surface area (Å²) in [6.07, 6.45) is 0.564. The van der Waals surface area contributed by atoms with Gasteiger partial charge in [0.05, 0.1) is 12.2 Å². The summed E-state index contributed by atoms with van der Waals surface area (Å²) in [6.45, 7) is 7.20. The first kappa shape index (κ1) is 18.5. The monoisotopic (exact) mass is 363 g/mol. The van der Waals surface area contributed by atoms with Gasteiger partial charge in [-0.3, -0.25) is 15.0 Å². The van der Waals surface area contributed by atoms with Crippen molar-refractivity contribution < 1.29 is 23.8 Å². The molecule has 2 aliphatic heterocycles. The minimum absolute atomic E-state index is 0.153. The number of anilines is 1. The molecule has 1 aromatic carbocycles. The van der Waals surface area contributed by atoms with E-state index >= 15 is 0 Å². The zero-order chi connectivity index (χ0) is 18.5. The predicted molar refractivity (Wildman–Crippen MR) is 95.7 cm³/mol. The van der Waals surface area contributed by atoms with Crippen molar-refractivity contribution in [3.05, 3.63) is 18.2 Å². The molecule has 0 aromatic heterocycles. The van der Waals surface area contributed by atoms with Crippen molar-refractivity contribution in [1.82, 2.24) is 10.2 Å². The first-order valence-corrected chi connectivity index (χ1v) is 8.88. The Kier molecular flexibility index (Phi) is 5.95. The highest BCUT2D eigenvalue weighted by atomic mass is 16.6. The third kappa shape index (κ3) is 5.09. The van der Waals surface area contributed by atoms with Crippen molar-refractivity contribution in [2.75, 3.05) is 38.2 Å². The second kappa shape index (κ2) is 8.37. The minimum Gasteiger partial charge on any atom is -0.486 e. The van der Waals surface area contributed by atoms with Crippen LogP contribution < -0.4 is 20.1 Å². The number of rotatable bonds is 4. The summed E-state index contributed by atoms with van der Waals surface area (Å²) in [5, 5.41) is 4.99. The minimum atomic E-state index is -0.560. The highest BCUT2D eigenvalue weighted by molar-refractivity contribution is 6.01. The van der Waals surface area contributed by atoms with Crippen LogP contribution in [0.4, 0.5) is 10.5 Å². The SMILES string of the molecule is CC1CN(CCC(=O)NC(=O)Nc2ccc3c(c2)OCCO3)CC(C)O1. The van der Waals surface area contributed by atoms with E-state index in [-0.39, 0.29) is 24.5 Å². The molecule has 8 heteroatoms. The van der Waals surface area contributed by atoms with Gasteiger partial charge in [0.15, 0.2) is 11.5 Å². The summed E-state index contributed by atoms with van der Waals surface area (Å²) in [7, 11) is 0. The van der Waals surface area contributed by atoms with Crippen LogP contribution >= 0.6 is 0 Å². The van der Waals surface area contributed by atoms with Crippen LogP contribution in [0.2, 0.25) is 0 Å². The van der Waals surface area contributed by atoms with E-state index < -0.39 is 6.03 Å². The molecular weight excluding hydrogens is 338 g/mol. The predicted octanol–water partition coefficient (Wildman–Crippen LogP) is 1.61. The number of hydrogen-bond acceptors (Lipinski definition) is 6. The van der Waals surface area contributed by atoms with Gasteiger partial charge >= 0.3 is 6.03 Å². The molecule has 0 aliphatic carbocycles. The Morgan fingerprint density at radius 1 is 1.12 bits per heavy atom. The lowest BCUT2D eigenvalue weighted by Gasteiger charge is -2.35. The van der Waals surface area contributed by atoms with Gasteiger partial charge in [0.25, 0.3) is 0 Å². The van der Waals surface area contributed by atoms with E-state index in [0.717, 1.165) is 13.1 Å². The number of urea groups is 1. The fourth-order valence-electron chi connectivity index (χ4n) is 3.20. The van der Waals surface area contributed by atoms with Gasteiger partial charge in [-0.15, -0.1) is 0 Å². The van der Waals surface area contributed by atoms with E-state index in [9.17, 15) is 9.59 Å². The van der Waals surface area contributed by atoms with Crippen molar-refractivity contribution in [2.45, 2.75) is 32.5 Å². The zero-order valence-electron chi connectivity index (χ0n) is 15.1. The zero-order valence-corrected chi connectivity index (χ0v) is 15.1. The van der Waals surface area contributed by atoms with Crippen molar-refractivity contribution in [3.63, 3.8) is 0 Å². The quantitative estimate of drug-likeness (QED) is 0.845. The first-order chi connectivity index (χ1) is 12.5. The largest absolute Gasteiger partial charge is 0.486 e. The molecule has 0 bridgehead atoms. The van der Waals surface area contributed by atoms with Crippen LogP contribution in [0.15, 0.2) is 18.2 Å². The molecular formula is C18H25N3O5. The number of amides is 3. The van der Waals surface area contributed by atoms with Crippen molar-refractivity contribution >= 4 is 17.6 Å². The Balaban J connectivity index is 1.43. The molecule has 2 heterocycles.